The maximum atomic E-state index is 12.1. The predicted octanol–water partition coefficient (Wildman–Crippen LogP) is 3.01. The third-order valence-corrected chi connectivity index (χ3v) is 3.82. The first-order valence-electron chi connectivity index (χ1n) is 6.29. The molecule has 1 aromatic heterocycles. The molecule has 0 bridgehead atoms. The highest BCUT2D eigenvalue weighted by molar-refractivity contribution is 6.42. The second-order valence-electron chi connectivity index (χ2n) is 4.60. The standard InChI is InChI=1S/C13H15Cl2N5O/c1-8(9-4-3-5-10(14)12(9)15)18-13(21)20(2)6-11-16-7-17-19-11/h3-5,7-8H,6H2,1-2H3,(H,18,21)(H,16,17,19). The number of hydrogen-bond donors (Lipinski definition) is 2. The number of aromatic amines is 1. The lowest BCUT2D eigenvalue weighted by Gasteiger charge is -2.21. The van der Waals surface area contributed by atoms with Crippen LogP contribution in [0.15, 0.2) is 24.5 Å². The van der Waals surface area contributed by atoms with Gasteiger partial charge < -0.3 is 10.2 Å². The summed E-state index contributed by atoms with van der Waals surface area (Å²) in [5.74, 6) is 0.612. The van der Waals surface area contributed by atoms with E-state index in [0.29, 0.717) is 22.4 Å². The van der Waals surface area contributed by atoms with E-state index in [4.69, 9.17) is 23.2 Å². The van der Waals surface area contributed by atoms with Gasteiger partial charge in [-0.2, -0.15) is 5.10 Å². The van der Waals surface area contributed by atoms with Crippen LogP contribution in [0.1, 0.15) is 24.4 Å². The van der Waals surface area contributed by atoms with Gasteiger partial charge in [0.1, 0.15) is 12.2 Å². The lowest BCUT2D eigenvalue weighted by molar-refractivity contribution is 0.202. The topological polar surface area (TPSA) is 73.9 Å². The fourth-order valence-corrected chi connectivity index (χ4v) is 2.30. The Hall–Kier alpha value is -1.79. The average molecular weight is 328 g/mol. The summed E-state index contributed by atoms with van der Waals surface area (Å²) in [5, 5.41) is 10.2. The van der Waals surface area contributed by atoms with Crippen LogP contribution in [0, 0.1) is 0 Å². The molecule has 1 heterocycles. The highest BCUT2D eigenvalue weighted by atomic mass is 35.5. The van der Waals surface area contributed by atoms with Crippen molar-refractivity contribution < 1.29 is 4.79 Å². The maximum absolute atomic E-state index is 12.1. The van der Waals surface area contributed by atoms with Crippen LogP contribution in [0.3, 0.4) is 0 Å². The first-order valence-corrected chi connectivity index (χ1v) is 7.04. The molecule has 0 saturated carbocycles. The van der Waals surface area contributed by atoms with Crippen LogP contribution in [-0.2, 0) is 6.54 Å². The second-order valence-corrected chi connectivity index (χ2v) is 5.39. The Bertz CT molecular complexity index is 617. The van der Waals surface area contributed by atoms with Crippen LogP contribution in [0.25, 0.3) is 0 Å². The number of amides is 2. The van der Waals surface area contributed by atoms with Crippen molar-refractivity contribution in [1.82, 2.24) is 25.4 Å². The lowest BCUT2D eigenvalue weighted by Crippen LogP contribution is -2.38. The van der Waals surface area contributed by atoms with Crippen molar-refractivity contribution in [2.24, 2.45) is 0 Å². The van der Waals surface area contributed by atoms with E-state index in [1.807, 2.05) is 13.0 Å². The highest BCUT2D eigenvalue weighted by Gasteiger charge is 2.17. The quantitative estimate of drug-likeness (QED) is 0.906. The summed E-state index contributed by atoms with van der Waals surface area (Å²) in [6, 6.07) is 4.83. The number of carbonyl (C=O) groups is 1. The Morgan fingerprint density at radius 3 is 2.90 bits per heavy atom. The molecule has 2 N–H and O–H groups in total. The van der Waals surface area contributed by atoms with E-state index < -0.39 is 0 Å². The number of H-pyrrole nitrogens is 1. The van der Waals surface area contributed by atoms with E-state index >= 15 is 0 Å². The normalized spacial score (nSPS) is 12.0. The molecule has 0 aliphatic heterocycles. The maximum Gasteiger partial charge on any atom is 0.318 e. The number of carbonyl (C=O) groups excluding carboxylic acids is 1. The van der Waals surface area contributed by atoms with Crippen LogP contribution < -0.4 is 5.32 Å². The molecule has 2 rings (SSSR count). The van der Waals surface area contributed by atoms with Crippen LogP contribution in [0.2, 0.25) is 10.0 Å². The van der Waals surface area contributed by atoms with Crippen LogP contribution in [0.5, 0.6) is 0 Å². The van der Waals surface area contributed by atoms with Crippen molar-refractivity contribution in [3.8, 4) is 0 Å². The minimum Gasteiger partial charge on any atom is -0.331 e. The lowest BCUT2D eigenvalue weighted by atomic mass is 10.1. The molecule has 2 aromatic rings. The molecule has 0 radical (unpaired) electrons. The molecule has 2 amide bonds. The zero-order chi connectivity index (χ0) is 15.4. The summed E-state index contributed by atoms with van der Waals surface area (Å²) in [5.41, 5.74) is 0.769. The highest BCUT2D eigenvalue weighted by Crippen LogP contribution is 2.29. The Balaban J connectivity index is 2.00. The molecule has 0 saturated heterocycles. The van der Waals surface area contributed by atoms with Crippen LogP contribution in [-0.4, -0.2) is 33.2 Å². The number of halogens is 2. The molecular weight excluding hydrogens is 313 g/mol. The van der Waals surface area contributed by atoms with Crippen molar-refractivity contribution in [1.29, 1.82) is 0 Å². The zero-order valence-corrected chi connectivity index (χ0v) is 13.1. The van der Waals surface area contributed by atoms with Gasteiger partial charge in [-0.3, -0.25) is 5.10 Å². The first kappa shape index (κ1) is 15.6. The Labute approximate surface area is 132 Å². The fraction of sp³-hybridized carbons (Fsp3) is 0.308. The Kier molecular flexibility index (Phi) is 5.03. The van der Waals surface area contributed by atoms with E-state index in [9.17, 15) is 4.79 Å². The van der Waals surface area contributed by atoms with E-state index in [2.05, 4.69) is 20.5 Å². The van der Waals surface area contributed by atoms with Crippen molar-refractivity contribution in [2.45, 2.75) is 19.5 Å². The third-order valence-electron chi connectivity index (χ3n) is 2.99. The molecule has 8 heteroatoms. The first-order chi connectivity index (χ1) is 9.99. The van der Waals surface area contributed by atoms with Crippen molar-refractivity contribution in [3.05, 3.63) is 46.0 Å². The summed E-state index contributed by atoms with van der Waals surface area (Å²) in [6.45, 7) is 2.18. The summed E-state index contributed by atoms with van der Waals surface area (Å²) < 4.78 is 0. The molecule has 1 atom stereocenters. The average Bonchev–Trinajstić information content (AvgIpc) is 2.94. The largest absolute Gasteiger partial charge is 0.331 e. The number of aromatic nitrogens is 3. The van der Waals surface area contributed by atoms with Gasteiger partial charge in [-0.05, 0) is 18.6 Å². The number of hydrogen-bond acceptors (Lipinski definition) is 3. The van der Waals surface area contributed by atoms with Crippen LogP contribution >= 0.6 is 23.2 Å². The fourth-order valence-electron chi connectivity index (χ4n) is 1.83. The Morgan fingerprint density at radius 2 is 2.24 bits per heavy atom. The SMILES string of the molecule is CC(NC(=O)N(C)Cc1ncn[nH]1)c1cccc(Cl)c1Cl. The summed E-state index contributed by atoms with van der Waals surface area (Å²) in [7, 11) is 1.67. The molecule has 0 aliphatic rings. The van der Waals surface area contributed by atoms with Crippen molar-refractivity contribution in [2.75, 3.05) is 7.05 Å². The number of urea groups is 1. The summed E-state index contributed by atoms with van der Waals surface area (Å²) in [4.78, 5) is 17.6. The zero-order valence-electron chi connectivity index (χ0n) is 11.6. The van der Waals surface area contributed by atoms with E-state index in [0.717, 1.165) is 5.56 Å². The number of nitrogens with one attached hydrogen (secondary N) is 2. The van der Waals surface area contributed by atoms with Gasteiger partial charge in [-0.15, -0.1) is 0 Å². The van der Waals surface area contributed by atoms with Gasteiger partial charge >= 0.3 is 6.03 Å². The number of rotatable bonds is 4. The minimum absolute atomic E-state index is 0.241. The summed E-state index contributed by atoms with van der Waals surface area (Å²) in [6.07, 6.45) is 1.40. The van der Waals surface area contributed by atoms with Crippen LogP contribution in [0.4, 0.5) is 4.79 Å². The molecule has 0 spiro atoms. The van der Waals surface area contributed by atoms with Crippen molar-refractivity contribution >= 4 is 29.2 Å². The monoisotopic (exact) mass is 327 g/mol. The molecule has 112 valence electrons. The third kappa shape index (κ3) is 3.86. The molecule has 6 nitrogen and oxygen atoms in total. The molecule has 21 heavy (non-hydrogen) atoms. The van der Waals surface area contributed by atoms with E-state index in [1.54, 1.807) is 19.2 Å². The van der Waals surface area contributed by atoms with E-state index in [1.165, 1.54) is 11.2 Å². The van der Waals surface area contributed by atoms with Gasteiger partial charge in [0.2, 0.25) is 0 Å². The van der Waals surface area contributed by atoms with Gasteiger partial charge in [0.25, 0.3) is 0 Å². The predicted molar refractivity (Wildman–Crippen MR) is 81.3 cm³/mol. The molecule has 0 fully saturated rings. The molecule has 0 aliphatic carbocycles. The summed E-state index contributed by atoms with van der Waals surface area (Å²) >= 11 is 12.1. The smallest absolute Gasteiger partial charge is 0.318 e. The molecular formula is C13H15Cl2N5O. The van der Waals surface area contributed by atoms with Gasteiger partial charge in [0, 0.05) is 7.05 Å². The molecule has 1 aromatic carbocycles. The minimum atomic E-state index is -0.263. The van der Waals surface area contributed by atoms with Gasteiger partial charge in [0.05, 0.1) is 22.6 Å². The van der Waals surface area contributed by atoms with E-state index in [-0.39, 0.29) is 12.1 Å². The number of benzene rings is 1. The van der Waals surface area contributed by atoms with Gasteiger partial charge in [-0.25, -0.2) is 9.78 Å². The second kappa shape index (κ2) is 6.78. The molecule has 1 unspecified atom stereocenters. The Morgan fingerprint density at radius 1 is 1.48 bits per heavy atom. The van der Waals surface area contributed by atoms with Gasteiger partial charge in [-0.1, -0.05) is 35.3 Å². The van der Waals surface area contributed by atoms with Crippen molar-refractivity contribution in [3.63, 3.8) is 0 Å². The van der Waals surface area contributed by atoms with Gasteiger partial charge in [0.15, 0.2) is 0 Å². The number of nitrogens with zero attached hydrogens (tertiary/aromatic N) is 3.